The first kappa shape index (κ1) is 20.7. The van der Waals surface area contributed by atoms with E-state index in [1.54, 1.807) is 0 Å². The molecule has 0 N–H and O–H groups in total. The van der Waals surface area contributed by atoms with Gasteiger partial charge in [0.1, 0.15) is 11.6 Å². The summed E-state index contributed by atoms with van der Waals surface area (Å²) in [6.45, 7) is 0.981. The third-order valence-corrected chi connectivity index (χ3v) is 5.43. The number of ketones is 3. The molecule has 3 rings (SSSR count). The maximum atomic E-state index is 13.7. The average molecular weight is 395 g/mol. The second-order valence-electron chi connectivity index (χ2n) is 7.43. The van der Waals surface area contributed by atoms with Gasteiger partial charge in [0, 0.05) is 31.4 Å². The summed E-state index contributed by atoms with van der Waals surface area (Å²) in [5.74, 6) is -6.50. The maximum absolute atomic E-state index is 13.7. The molecule has 152 valence electrons. The van der Waals surface area contributed by atoms with Gasteiger partial charge in [0.25, 0.3) is 5.92 Å². The molecule has 0 saturated heterocycles. The summed E-state index contributed by atoms with van der Waals surface area (Å²) in [6, 6.07) is 2.27. The summed E-state index contributed by atoms with van der Waals surface area (Å²) < 4.78 is 37.6. The van der Waals surface area contributed by atoms with E-state index in [1.807, 2.05) is 0 Å². The number of aromatic nitrogens is 1. The number of pyridine rings is 1. The Kier molecular flexibility index (Phi) is 6.00. The van der Waals surface area contributed by atoms with Crippen LogP contribution in [0.4, 0.5) is 8.78 Å². The van der Waals surface area contributed by atoms with Crippen molar-refractivity contribution in [3.05, 3.63) is 29.1 Å². The van der Waals surface area contributed by atoms with Gasteiger partial charge < -0.3 is 9.47 Å². The highest BCUT2D eigenvalue weighted by molar-refractivity contribution is 6.26. The molecule has 2 saturated carbocycles. The van der Waals surface area contributed by atoms with Gasteiger partial charge >= 0.3 is 0 Å². The van der Waals surface area contributed by atoms with Crippen molar-refractivity contribution in [3.8, 4) is 0 Å². The number of carbonyl (C=O) groups excluding carboxylic acids is 3. The molecule has 0 spiro atoms. The van der Waals surface area contributed by atoms with Gasteiger partial charge in [-0.25, -0.2) is 4.98 Å². The third-order valence-electron chi connectivity index (χ3n) is 5.43. The van der Waals surface area contributed by atoms with Crippen LogP contribution < -0.4 is 0 Å². The number of halogens is 2. The molecule has 2 atom stereocenters. The van der Waals surface area contributed by atoms with E-state index in [9.17, 15) is 23.2 Å². The molecule has 1 heterocycles. The summed E-state index contributed by atoms with van der Waals surface area (Å²) in [5, 5.41) is 0. The van der Waals surface area contributed by atoms with Gasteiger partial charge in [-0.15, -0.1) is 0 Å². The summed E-state index contributed by atoms with van der Waals surface area (Å²) in [5.41, 5.74) is -0.521. The number of alkyl halides is 2. The Labute approximate surface area is 161 Å². The molecular formula is C20H23F2NO5. The number of fused-ring (bicyclic) bond motifs is 2. The Morgan fingerprint density at radius 1 is 1.18 bits per heavy atom. The van der Waals surface area contributed by atoms with E-state index in [-0.39, 0.29) is 54.5 Å². The Morgan fingerprint density at radius 3 is 2.39 bits per heavy atom. The van der Waals surface area contributed by atoms with Gasteiger partial charge in [0.2, 0.25) is 0 Å². The third kappa shape index (κ3) is 4.03. The molecule has 6 nitrogen and oxygen atoms in total. The van der Waals surface area contributed by atoms with E-state index in [0.717, 1.165) is 6.07 Å². The van der Waals surface area contributed by atoms with E-state index in [4.69, 9.17) is 9.47 Å². The Balaban J connectivity index is 1.91. The van der Waals surface area contributed by atoms with Gasteiger partial charge in [-0.1, -0.05) is 0 Å². The van der Waals surface area contributed by atoms with Crippen molar-refractivity contribution in [2.45, 2.75) is 38.7 Å². The van der Waals surface area contributed by atoms with Crippen molar-refractivity contribution in [2.24, 2.45) is 17.8 Å². The van der Waals surface area contributed by atoms with Crippen molar-refractivity contribution in [3.63, 3.8) is 0 Å². The standard InChI is InChI=1S/C20H23F2NO5/c1-20(21,22)15-6-5-13(14(23-15)10-28-8-7-27-2)19(26)16-17(24)11-3-4-12(9-11)18(16)25/h5-6,11-12,16H,3-4,7-10H2,1-2H3. The van der Waals surface area contributed by atoms with Crippen molar-refractivity contribution in [1.29, 1.82) is 0 Å². The van der Waals surface area contributed by atoms with Crippen molar-refractivity contribution in [2.75, 3.05) is 20.3 Å². The van der Waals surface area contributed by atoms with Gasteiger partial charge in [0.15, 0.2) is 17.3 Å². The van der Waals surface area contributed by atoms with Crippen LogP contribution in [0.15, 0.2) is 12.1 Å². The van der Waals surface area contributed by atoms with Crippen LogP contribution in [0, 0.1) is 17.8 Å². The van der Waals surface area contributed by atoms with Crippen LogP contribution in [0.2, 0.25) is 0 Å². The maximum Gasteiger partial charge on any atom is 0.286 e. The fourth-order valence-corrected chi connectivity index (χ4v) is 3.92. The van der Waals surface area contributed by atoms with Crippen molar-refractivity contribution < 1.29 is 32.6 Å². The second-order valence-corrected chi connectivity index (χ2v) is 7.43. The summed E-state index contributed by atoms with van der Waals surface area (Å²) in [6.07, 6.45) is 1.74. The molecule has 0 amide bonds. The molecule has 2 aliphatic rings. The Hall–Kier alpha value is -2.06. The number of Topliss-reactive ketones (excluding diaryl/α,β-unsaturated/α-hetero) is 3. The topological polar surface area (TPSA) is 82.6 Å². The lowest BCUT2D eigenvalue weighted by atomic mass is 9.75. The summed E-state index contributed by atoms with van der Waals surface area (Å²) in [4.78, 5) is 42.2. The number of ether oxygens (including phenoxy) is 2. The number of rotatable bonds is 8. The van der Waals surface area contributed by atoms with Crippen LogP contribution in [0.1, 0.15) is 47.9 Å². The highest BCUT2D eigenvalue weighted by Gasteiger charge is 2.50. The van der Waals surface area contributed by atoms with Crippen LogP contribution in [0.3, 0.4) is 0 Å². The number of methoxy groups -OCH3 is 1. The van der Waals surface area contributed by atoms with Crippen LogP contribution >= 0.6 is 0 Å². The zero-order valence-electron chi connectivity index (χ0n) is 15.9. The van der Waals surface area contributed by atoms with E-state index in [2.05, 4.69) is 4.98 Å². The van der Waals surface area contributed by atoms with Gasteiger partial charge in [-0.05, 0) is 31.4 Å². The number of hydrogen-bond donors (Lipinski definition) is 0. The second kappa shape index (κ2) is 8.13. The fourth-order valence-electron chi connectivity index (χ4n) is 3.92. The highest BCUT2D eigenvalue weighted by atomic mass is 19.3. The van der Waals surface area contributed by atoms with Crippen molar-refractivity contribution in [1.82, 2.24) is 4.98 Å². The van der Waals surface area contributed by atoms with Gasteiger partial charge in [-0.2, -0.15) is 8.78 Å². The van der Waals surface area contributed by atoms with Gasteiger partial charge in [-0.3, -0.25) is 14.4 Å². The highest BCUT2D eigenvalue weighted by Crippen LogP contribution is 2.41. The smallest absolute Gasteiger partial charge is 0.286 e. The molecule has 0 aromatic carbocycles. The fraction of sp³-hybridized carbons (Fsp3) is 0.600. The lowest BCUT2D eigenvalue weighted by molar-refractivity contribution is -0.137. The van der Waals surface area contributed by atoms with Gasteiger partial charge in [0.05, 0.1) is 25.5 Å². The molecule has 2 unspecified atom stereocenters. The van der Waals surface area contributed by atoms with Crippen LogP contribution in [0.25, 0.3) is 0 Å². The molecule has 2 bridgehead atoms. The first-order valence-corrected chi connectivity index (χ1v) is 9.30. The monoisotopic (exact) mass is 395 g/mol. The first-order valence-electron chi connectivity index (χ1n) is 9.30. The largest absolute Gasteiger partial charge is 0.382 e. The van der Waals surface area contributed by atoms with E-state index in [0.29, 0.717) is 26.2 Å². The Bertz CT molecular complexity index is 767. The van der Waals surface area contributed by atoms with E-state index >= 15 is 0 Å². The van der Waals surface area contributed by atoms with Crippen LogP contribution in [-0.4, -0.2) is 42.7 Å². The molecule has 1 aromatic rings. The SMILES string of the molecule is COCCOCc1nc(C(C)(F)F)ccc1C(=O)C1C(=O)C2CCC(C2)C1=O. The minimum Gasteiger partial charge on any atom is -0.382 e. The van der Waals surface area contributed by atoms with E-state index in [1.165, 1.54) is 13.2 Å². The minimum absolute atomic E-state index is 0.00125. The molecule has 2 fully saturated rings. The molecule has 0 radical (unpaired) electrons. The lowest BCUT2D eigenvalue weighted by Crippen LogP contribution is -2.42. The molecule has 2 aliphatic carbocycles. The van der Waals surface area contributed by atoms with Crippen LogP contribution in [-0.2, 0) is 31.6 Å². The van der Waals surface area contributed by atoms with Crippen LogP contribution in [0.5, 0.6) is 0 Å². The first-order chi connectivity index (χ1) is 13.2. The molecule has 8 heteroatoms. The number of nitrogens with zero attached hydrogens (tertiary/aromatic N) is 1. The predicted octanol–water partition coefficient (Wildman–Crippen LogP) is 2.72. The zero-order chi connectivity index (χ0) is 20.5. The zero-order valence-corrected chi connectivity index (χ0v) is 15.9. The predicted molar refractivity (Wildman–Crippen MR) is 94.0 cm³/mol. The van der Waals surface area contributed by atoms with Crippen molar-refractivity contribution >= 4 is 17.3 Å². The number of carbonyl (C=O) groups is 3. The normalized spacial score (nSPS) is 24.6. The quantitative estimate of drug-likeness (QED) is 0.382. The van der Waals surface area contributed by atoms with E-state index < -0.39 is 23.3 Å². The molecule has 0 aliphatic heterocycles. The minimum atomic E-state index is -3.20. The Morgan fingerprint density at radius 2 is 1.82 bits per heavy atom. The molecular weight excluding hydrogens is 372 g/mol. The molecule has 1 aromatic heterocycles. The summed E-state index contributed by atoms with van der Waals surface area (Å²) >= 11 is 0. The lowest BCUT2D eigenvalue weighted by Gasteiger charge is -2.25. The summed E-state index contributed by atoms with van der Waals surface area (Å²) in [7, 11) is 1.49. The average Bonchev–Trinajstić information content (AvgIpc) is 3.10. The molecule has 28 heavy (non-hydrogen) atoms. The number of hydrogen-bond acceptors (Lipinski definition) is 6.